The molecule has 0 bridgehead atoms. The number of hydrogen-bond acceptors (Lipinski definition) is 4. The van der Waals surface area contributed by atoms with Gasteiger partial charge in [-0.25, -0.2) is 0 Å². The summed E-state index contributed by atoms with van der Waals surface area (Å²) in [5.41, 5.74) is 5.93. The van der Waals surface area contributed by atoms with E-state index in [4.69, 9.17) is 10.5 Å². The summed E-state index contributed by atoms with van der Waals surface area (Å²) in [7, 11) is 1.71. The molecule has 0 spiro atoms. The van der Waals surface area contributed by atoms with Crippen molar-refractivity contribution in [2.75, 3.05) is 39.1 Å². The first-order valence-corrected chi connectivity index (χ1v) is 6.39. The Labute approximate surface area is 91.4 Å². The Morgan fingerprint density at radius 1 is 1.64 bits per heavy atom. The summed E-state index contributed by atoms with van der Waals surface area (Å²) >= 11 is 2.09. The van der Waals surface area contributed by atoms with Crippen LogP contribution in [0.25, 0.3) is 0 Å². The van der Waals surface area contributed by atoms with Crippen LogP contribution in [-0.4, -0.2) is 55.3 Å². The van der Waals surface area contributed by atoms with E-state index >= 15 is 0 Å². The van der Waals surface area contributed by atoms with Gasteiger partial charge in [-0.05, 0) is 6.42 Å². The monoisotopic (exact) mass is 218 g/mol. The van der Waals surface area contributed by atoms with E-state index in [2.05, 4.69) is 23.6 Å². The van der Waals surface area contributed by atoms with Crippen LogP contribution < -0.4 is 5.73 Å². The van der Waals surface area contributed by atoms with Crippen LogP contribution in [0.15, 0.2) is 0 Å². The van der Waals surface area contributed by atoms with E-state index in [-0.39, 0.29) is 6.04 Å². The highest BCUT2D eigenvalue weighted by Gasteiger charge is 2.20. The Kier molecular flexibility index (Phi) is 5.86. The van der Waals surface area contributed by atoms with Gasteiger partial charge in [-0.15, -0.1) is 0 Å². The lowest BCUT2D eigenvalue weighted by molar-refractivity contribution is 0.154. The summed E-state index contributed by atoms with van der Waals surface area (Å²) in [6.45, 7) is 6.28. The minimum atomic E-state index is 0.167. The molecule has 0 saturated carbocycles. The van der Waals surface area contributed by atoms with Gasteiger partial charge >= 0.3 is 0 Å². The third-order valence-electron chi connectivity index (χ3n) is 2.55. The quantitative estimate of drug-likeness (QED) is 0.740. The third kappa shape index (κ3) is 4.17. The van der Waals surface area contributed by atoms with Crippen molar-refractivity contribution in [3.05, 3.63) is 0 Å². The highest BCUT2D eigenvalue weighted by molar-refractivity contribution is 8.00. The average Bonchev–Trinajstić information content (AvgIpc) is 2.18. The average molecular weight is 218 g/mol. The van der Waals surface area contributed by atoms with Crippen molar-refractivity contribution in [3.8, 4) is 0 Å². The molecule has 1 saturated heterocycles. The van der Waals surface area contributed by atoms with Crippen LogP contribution in [0.1, 0.15) is 13.3 Å². The lowest BCUT2D eigenvalue weighted by Gasteiger charge is -2.33. The largest absolute Gasteiger partial charge is 0.383 e. The molecule has 0 amide bonds. The van der Waals surface area contributed by atoms with Gasteiger partial charge in [0.15, 0.2) is 0 Å². The summed E-state index contributed by atoms with van der Waals surface area (Å²) in [6.07, 6.45) is 1.26. The Balaban J connectivity index is 2.22. The maximum absolute atomic E-state index is 5.93. The second-order valence-corrected chi connectivity index (χ2v) is 5.28. The molecule has 2 atom stereocenters. The standard InChI is InChI=1S/C10H22N2OS/c1-3-10-7-12(4-5-14-10)6-9(11)8-13-2/h9-10H,3-8,11H2,1-2H3. The number of hydrogen-bond donors (Lipinski definition) is 1. The Hall–Kier alpha value is 0.230. The van der Waals surface area contributed by atoms with Gasteiger partial charge in [0, 0.05) is 43.8 Å². The number of thioether (sulfide) groups is 1. The van der Waals surface area contributed by atoms with Crippen molar-refractivity contribution >= 4 is 11.8 Å². The molecule has 4 heteroatoms. The highest BCUT2D eigenvalue weighted by atomic mass is 32.2. The fourth-order valence-electron chi connectivity index (χ4n) is 1.79. The maximum Gasteiger partial charge on any atom is 0.0626 e. The fourth-order valence-corrected chi connectivity index (χ4v) is 3.04. The summed E-state index contributed by atoms with van der Waals surface area (Å²) in [5.74, 6) is 1.25. The highest BCUT2D eigenvalue weighted by Crippen LogP contribution is 2.20. The Bertz CT molecular complexity index is 157. The van der Waals surface area contributed by atoms with Crippen molar-refractivity contribution in [1.82, 2.24) is 4.90 Å². The zero-order chi connectivity index (χ0) is 10.4. The molecule has 1 fully saturated rings. The van der Waals surface area contributed by atoms with Crippen LogP contribution in [0.2, 0.25) is 0 Å². The molecule has 3 nitrogen and oxygen atoms in total. The summed E-state index contributed by atoms with van der Waals surface area (Å²) in [4.78, 5) is 2.47. The topological polar surface area (TPSA) is 38.5 Å². The molecule has 1 heterocycles. The van der Waals surface area contributed by atoms with Crippen LogP contribution in [0.5, 0.6) is 0 Å². The number of ether oxygens (including phenoxy) is 1. The minimum Gasteiger partial charge on any atom is -0.383 e. The fraction of sp³-hybridized carbons (Fsp3) is 1.00. The molecule has 0 aromatic carbocycles. The predicted octanol–water partition coefficient (Wildman–Crippen LogP) is 0.788. The van der Waals surface area contributed by atoms with Crippen molar-refractivity contribution in [2.45, 2.75) is 24.6 Å². The zero-order valence-electron chi connectivity index (χ0n) is 9.24. The molecule has 0 aliphatic carbocycles. The SMILES string of the molecule is CCC1CN(CC(N)COC)CCS1. The normalized spacial score (nSPS) is 26.4. The van der Waals surface area contributed by atoms with Crippen molar-refractivity contribution < 1.29 is 4.74 Å². The van der Waals surface area contributed by atoms with Gasteiger partial charge in [-0.1, -0.05) is 6.92 Å². The lowest BCUT2D eigenvalue weighted by Crippen LogP contribution is -2.45. The molecule has 1 aliphatic rings. The van der Waals surface area contributed by atoms with Crippen LogP contribution in [0.3, 0.4) is 0 Å². The van der Waals surface area contributed by atoms with Gasteiger partial charge in [0.05, 0.1) is 6.61 Å². The lowest BCUT2D eigenvalue weighted by atomic mass is 10.2. The second kappa shape index (κ2) is 6.67. The van der Waals surface area contributed by atoms with Crippen LogP contribution in [0.4, 0.5) is 0 Å². The van der Waals surface area contributed by atoms with Gasteiger partial charge in [0.2, 0.25) is 0 Å². The molecule has 0 aromatic rings. The van der Waals surface area contributed by atoms with Crippen LogP contribution in [-0.2, 0) is 4.74 Å². The number of methoxy groups -OCH3 is 1. The molecular weight excluding hydrogens is 196 g/mol. The van der Waals surface area contributed by atoms with E-state index in [1.807, 2.05) is 0 Å². The summed E-state index contributed by atoms with van der Waals surface area (Å²) in [6, 6.07) is 0.167. The van der Waals surface area contributed by atoms with Crippen molar-refractivity contribution in [1.29, 1.82) is 0 Å². The zero-order valence-corrected chi connectivity index (χ0v) is 10.1. The molecular formula is C10H22N2OS. The third-order valence-corrected chi connectivity index (χ3v) is 3.92. The van der Waals surface area contributed by atoms with E-state index < -0.39 is 0 Å². The Morgan fingerprint density at radius 2 is 2.43 bits per heavy atom. The summed E-state index contributed by atoms with van der Waals surface area (Å²) < 4.78 is 5.04. The molecule has 14 heavy (non-hydrogen) atoms. The number of nitrogens with zero attached hydrogens (tertiary/aromatic N) is 1. The van der Waals surface area contributed by atoms with E-state index in [9.17, 15) is 0 Å². The first-order chi connectivity index (χ1) is 6.76. The van der Waals surface area contributed by atoms with Crippen molar-refractivity contribution in [3.63, 3.8) is 0 Å². The number of rotatable bonds is 5. The van der Waals surface area contributed by atoms with Gasteiger partial charge < -0.3 is 10.5 Å². The molecule has 1 aliphatic heterocycles. The predicted molar refractivity (Wildman–Crippen MR) is 62.8 cm³/mol. The van der Waals surface area contributed by atoms with Gasteiger partial charge in [-0.2, -0.15) is 11.8 Å². The molecule has 0 aromatic heterocycles. The van der Waals surface area contributed by atoms with Gasteiger partial charge in [-0.3, -0.25) is 4.90 Å². The van der Waals surface area contributed by atoms with E-state index in [0.717, 1.165) is 11.8 Å². The van der Waals surface area contributed by atoms with E-state index in [1.165, 1.54) is 25.3 Å². The first-order valence-electron chi connectivity index (χ1n) is 5.34. The van der Waals surface area contributed by atoms with Gasteiger partial charge in [0.25, 0.3) is 0 Å². The molecule has 2 unspecified atom stereocenters. The van der Waals surface area contributed by atoms with Crippen molar-refractivity contribution in [2.24, 2.45) is 5.73 Å². The molecule has 84 valence electrons. The van der Waals surface area contributed by atoms with Crippen LogP contribution in [0, 0.1) is 0 Å². The van der Waals surface area contributed by atoms with E-state index in [1.54, 1.807) is 7.11 Å². The smallest absolute Gasteiger partial charge is 0.0626 e. The van der Waals surface area contributed by atoms with E-state index in [0.29, 0.717) is 6.61 Å². The second-order valence-electron chi connectivity index (χ2n) is 3.88. The molecule has 1 rings (SSSR count). The van der Waals surface area contributed by atoms with Gasteiger partial charge in [0.1, 0.15) is 0 Å². The molecule has 0 radical (unpaired) electrons. The maximum atomic E-state index is 5.93. The first kappa shape index (κ1) is 12.3. The number of nitrogens with two attached hydrogens (primary N) is 1. The summed E-state index contributed by atoms with van der Waals surface area (Å²) in [5, 5.41) is 0.804. The van der Waals surface area contributed by atoms with Crippen LogP contribution >= 0.6 is 11.8 Å². The minimum absolute atomic E-state index is 0.167. The Morgan fingerprint density at radius 3 is 3.07 bits per heavy atom. The molecule has 2 N–H and O–H groups in total.